The monoisotopic (exact) mass is 324 g/mol. The highest BCUT2D eigenvalue weighted by Gasteiger charge is 2.37. The van der Waals surface area contributed by atoms with Crippen LogP contribution in [0.15, 0.2) is 24.3 Å². The first-order valence-electron chi connectivity index (χ1n) is 7.65. The standard InChI is InChI=1S/C16H25NO3.BH2O2/c1-15(2,18)16(3,4)20-13-7-5-12(6-8-13)14-11-17-9-10-19-14;2-1-3/h5-8,14,17-18H,9-11H2,1-4H3;2-3H. The normalized spacial score (nSPS) is 18.7. The molecule has 0 spiro atoms. The summed E-state index contributed by atoms with van der Waals surface area (Å²) in [5, 5.41) is 27.4. The van der Waals surface area contributed by atoms with Gasteiger partial charge in [-0.3, -0.25) is 0 Å². The van der Waals surface area contributed by atoms with Crippen LogP contribution in [0.4, 0.5) is 0 Å². The molecule has 1 atom stereocenters. The van der Waals surface area contributed by atoms with Gasteiger partial charge in [-0.25, -0.2) is 0 Å². The number of nitrogens with one attached hydrogen (secondary N) is 1. The summed E-state index contributed by atoms with van der Waals surface area (Å²) in [6, 6.07) is 7.91. The maximum Gasteiger partial charge on any atom is 0.482 e. The van der Waals surface area contributed by atoms with Gasteiger partial charge in [0, 0.05) is 13.1 Å². The minimum absolute atomic E-state index is 0. The highest BCUT2D eigenvalue weighted by molar-refractivity contribution is 6.13. The summed E-state index contributed by atoms with van der Waals surface area (Å²) >= 11 is 0. The second-order valence-corrected chi connectivity index (χ2v) is 6.42. The molecule has 0 aromatic heterocycles. The maximum atomic E-state index is 10.1. The molecule has 1 aliphatic rings. The molecule has 2 rings (SSSR count). The number of hydrogen-bond acceptors (Lipinski definition) is 6. The summed E-state index contributed by atoms with van der Waals surface area (Å²) < 4.78 is 11.6. The molecule has 0 bridgehead atoms. The predicted molar refractivity (Wildman–Crippen MR) is 89.2 cm³/mol. The Balaban J connectivity index is 0.000000816. The lowest BCUT2D eigenvalue weighted by Crippen LogP contribution is -2.49. The van der Waals surface area contributed by atoms with Crippen molar-refractivity contribution in [2.75, 3.05) is 19.7 Å². The molecule has 1 heterocycles. The van der Waals surface area contributed by atoms with Crippen LogP contribution < -0.4 is 10.1 Å². The van der Waals surface area contributed by atoms with Gasteiger partial charge in [0.05, 0.1) is 18.3 Å². The average molecular weight is 324 g/mol. The summed E-state index contributed by atoms with van der Waals surface area (Å²) in [5.74, 6) is 0.754. The zero-order chi connectivity index (χ0) is 17.5. The number of morpholine rings is 1. The van der Waals surface area contributed by atoms with Gasteiger partial charge in [-0.1, -0.05) is 12.1 Å². The first kappa shape index (κ1) is 19.9. The first-order chi connectivity index (χ1) is 10.7. The van der Waals surface area contributed by atoms with E-state index in [-0.39, 0.29) is 13.8 Å². The Bertz CT molecular complexity index is 453. The highest BCUT2D eigenvalue weighted by atomic mass is 16.5. The van der Waals surface area contributed by atoms with Crippen molar-refractivity contribution in [3.05, 3.63) is 29.8 Å². The van der Waals surface area contributed by atoms with E-state index in [4.69, 9.17) is 19.5 Å². The van der Waals surface area contributed by atoms with Gasteiger partial charge in [0.25, 0.3) is 0 Å². The van der Waals surface area contributed by atoms with Crippen LogP contribution in [0.3, 0.4) is 0 Å². The maximum absolute atomic E-state index is 10.1. The fourth-order valence-electron chi connectivity index (χ4n) is 1.95. The molecule has 0 amide bonds. The Hall–Kier alpha value is -1.12. The molecule has 4 N–H and O–H groups in total. The topological polar surface area (TPSA) is 91.2 Å². The minimum atomic E-state index is -0.915. The van der Waals surface area contributed by atoms with E-state index in [9.17, 15) is 5.11 Å². The van der Waals surface area contributed by atoms with Gasteiger partial charge in [-0.05, 0) is 45.4 Å². The summed E-state index contributed by atoms with van der Waals surface area (Å²) in [6.07, 6.45) is 0.111. The molecule has 1 aliphatic heterocycles. The molecular formula is C16H27BNO5. The quantitative estimate of drug-likeness (QED) is 0.612. The smallest absolute Gasteiger partial charge is 0.482 e. The minimum Gasteiger partial charge on any atom is -0.485 e. The molecule has 6 nitrogen and oxygen atoms in total. The van der Waals surface area contributed by atoms with Crippen molar-refractivity contribution >= 4 is 7.69 Å². The molecule has 1 radical (unpaired) electrons. The lowest BCUT2D eigenvalue weighted by molar-refractivity contribution is -0.0906. The molecule has 1 aromatic rings. The Morgan fingerprint density at radius 2 is 1.74 bits per heavy atom. The molecule has 7 heteroatoms. The van der Waals surface area contributed by atoms with Gasteiger partial charge in [-0.15, -0.1) is 0 Å². The van der Waals surface area contributed by atoms with Crippen LogP contribution in [0.25, 0.3) is 0 Å². The van der Waals surface area contributed by atoms with Crippen LogP contribution in [0, 0.1) is 0 Å². The number of ether oxygens (including phenoxy) is 2. The van der Waals surface area contributed by atoms with Crippen LogP contribution in [0.5, 0.6) is 5.75 Å². The molecule has 0 saturated carbocycles. The third-order valence-corrected chi connectivity index (χ3v) is 4.03. The number of benzene rings is 1. The zero-order valence-electron chi connectivity index (χ0n) is 14.2. The van der Waals surface area contributed by atoms with Crippen molar-refractivity contribution in [2.24, 2.45) is 0 Å². The van der Waals surface area contributed by atoms with E-state index >= 15 is 0 Å². The molecule has 129 valence electrons. The van der Waals surface area contributed by atoms with Crippen molar-refractivity contribution in [2.45, 2.75) is 45.0 Å². The van der Waals surface area contributed by atoms with Crippen LogP contribution >= 0.6 is 0 Å². The number of rotatable bonds is 4. The summed E-state index contributed by atoms with van der Waals surface area (Å²) in [4.78, 5) is 0. The van der Waals surface area contributed by atoms with Crippen LogP contribution in [0.2, 0.25) is 0 Å². The summed E-state index contributed by atoms with van der Waals surface area (Å²) in [6.45, 7) is 9.78. The molecule has 1 fully saturated rings. The number of hydrogen-bond donors (Lipinski definition) is 4. The van der Waals surface area contributed by atoms with Crippen LogP contribution in [-0.4, -0.2) is 53.7 Å². The third kappa shape index (κ3) is 6.12. The second kappa shape index (κ2) is 8.66. The zero-order valence-corrected chi connectivity index (χ0v) is 14.2. The average Bonchev–Trinajstić information content (AvgIpc) is 2.48. The predicted octanol–water partition coefficient (Wildman–Crippen LogP) is 0.781. The van der Waals surface area contributed by atoms with Crippen molar-refractivity contribution < 1.29 is 24.6 Å². The van der Waals surface area contributed by atoms with E-state index in [0.29, 0.717) is 0 Å². The van der Waals surface area contributed by atoms with Gasteiger partial charge < -0.3 is 29.9 Å². The SMILES string of the molecule is CC(C)(O)C(C)(C)Oc1ccc(C2CNCCO2)cc1.O[B]O. The first-order valence-corrected chi connectivity index (χ1v) is 7.65. The third-order valence-electron chi connectivity index (χ3n) is 4.03. The second-order valence-electron chi connectivity index (χ2n) is 6.42. The van der Waals surface area contributed by atoms with Gasteiger partial charge in [0.2, 0.25) is 0 Å². The van der Waals surface area contributed by atoms with Gasteiger partial charge >= 0.3 is 7.69 Å². The van der Waals surface area contributed by atoms with Crippen molar-refractivity contribution in [1.29, 1.82) is 0 Å². The molecule has 1 saturated heterocycles. The molecule has 1 aromatic carbocycles. The van der Waals surface area contributed by atoms with Crippen molar-refractivity contribution in [1.82, 2.24) is 5.32 Å². The van der Waals surface area contributed by atoms with E-state index in [1.165, 1.54) is 0 Å². The van der Waals surface area contributed by atoms with Crippen molar-refractivity contribution in [3.8, 4) is 5.75 Å². The summed E-state index contributed by atoms with van der Waals surface area (Å²) in [5.41, 5.74) is -0.426. The van der Waals surface area contributed by atoms with E-state index in [1.54, 1.807) is 13.8 Å². The lowest BCUT2D eigenvalue weighted by atomic mass is 9.89. The Labute approximate surface area is 138 Å². The largest absolute Gasteiger partial charge is 0.485 e. The van der Waals surface area contributed by atoms with Crippen LogP contribution in [-0.2, 0) is 4.74 Å². The van der Waals surface area contributed by atoms with E-state index in [0.717, 1.165) is 31.0 Å². The molecule has 23 heavy (non-hydrogen) atoms. The molecule has 1 unspecified atom stereocenters. The van der Waals surface area contributed by atoms with Crippen LogP contribution in [0.1, 0.15) is 39.4 Å². The summed E-state index contributed by atoms with van der Waals surface area (Å²) in [7, 11) is 0. The van der Waals surface area contributed by atoms with E-state index in [1.807, 2.05) is 38.1 Å². The Kier molecular flexibility index (Phi) is 7.50. The fraction of sp³-hybridized carbons (Fsp3) is 0.625. The molecule has 0 aliphatic carbocycles. The van der Waals surface area contributed by atoms with E-state index in [2.05, 4.69) is 5.32 Å². The van der Waals surface area contributed by atoms with Crippen molar-refractivity contribution in [3.63, 3.8) is 0 Å². The molecular weight excluding hydrogens is 297 g/mol. The van der Waals surface area contributed by atoms with Gasteiger partial charge in [0.1, 0.15) is 11.4 Å². The lowest BCUT2D eigenvalue weighted by Gasteiger charge is -2.37. The van der Waals surface area contributed by atoms with Gasteiger partial charge in [0.15, 0.2) is 0 Å². The Morgan fingerprint density at radius 1 is 1.17 bits per heavy atom. The fourth-order valence-corrected chi connectivity index (χ4v) is 1.95. The van der Waals surface area contributed by atoms with E-state index < -0.39 is 11.2 Å². The number of aliphatic hydroxyl groups is 1. The highest BCUT2D eigenvalue weighted by Crippen LogP contribution is 2.29. The Morgan fingerprint density at radius 3 is 2.17 bits per heavy atom. The van der Waals surface area contributed by atoms with Gasteiger partial charge in [-0.2, -0.15) is 0 Å².